The van der Waals surface area contributed by atoms with Crippen molar-refractivity contribution in [3.05, 3.63) is 76.7 Å². The first kappa shape index (κ1) is 20.5. The van der Waals surface area contributed by atoms with Crippen LogP contribution in [0.4, 0.5) is 11.4 Å². The average molecular weight is 413 g/mol. The van der Waals surface area contributed by atoms with Crippen molar-refractivity contribution in [2.45, 2.75) is 20.3 Å². The minimum Gasteiger partial charge on any atom is -0.493 e. The summed E-state index contributed by atoms with van der Waals surface area (Å²) in [6, 6.07) is 13.9. The van der Waals surface area contributed by atoms with Gasteiger partial charge in [0.15, 0.2) is 5.76 Å². The van der Waals surface area contributed by atoms with Gasteiger partial charge < -0.3 is 19.8 Å². The van der Waals surface area contributed by atoms with Crippen LogP contribution in [0.3, 0.4) is 0 Å². The number of carbonyl (C=O) groups excluding carboxylic acids is 2. The highest BCUT2D eigenvalue weighted by Crippen LogP contribution is 2.27. The van der Waals surface area contributed by atoms with Gasteiger partial charge in [0.1, 0.15) is 5.75 Å². The van der Waals surface area contributed by atoms with Gasteiger partial charge in [0, 0.05) is 5.02 Å². The summed E-state index contributed by atoms with van der Waals surface area (Å²) in [5, 5.41) is 5.90. The maximum absolute atomic E-state index is 12.4. The molecule has 0 spiro atoms. The molecule has 7 heteroatoms. The van der Waals surface area contributed by atoms with E-state index in [1.165, 1.54) is 6.26 Å². The van der Waals surface area contributed by atoms with Crippen molar-refractivity contribution in [3.8, 4) is 5.75 Å². The molecule has 29 heavy (non-hydrogen) atoms. The number of amides is 2. The molecular formula is C22H21ClN2O4. The van der Waals surface area contributed by atoms with E-state index in [0.29, 0.717) is 16.4 Å². The van der Waals surface area contributed by atoms with Crippen LogP contribution >= 0.6 is 11.6 Å². The van der Waals surface area contributed by atoms with Crippen LogP contribution in [0.2, 0.25) is 5.02 Å². The molecule has 0 unspecified atom stereocenters. The van der Waals surface area contributed by atoms with Gasteiger partial charge in [-0.05, 0) is 55.3 Å². The molecule has 1 aromatic heterocycles. The lowest BCUT2D eigenvalue weighted by molar-refractivity contribution is -0.116. The van der Waals surface area contributed by atoms with Crippen LogP contribution in [0.15, 0.2) is 59.2 Å². The van der Waals surface area contributed by atoms with Gasteiger partial charge in [-0.25, -0.2) is 0 Å². The summed E-state index contributed by atoms with van der Waals surface area (Å²) in [5.74, 6) is 0.264. The fraction of sp³-hybridized carbons (Fsp3) is 0.182. The number of ether oxygens (including phenoxy) is 1. The minimum absolute atomic E-state index is 0.155. The summed E-state index contributed by atoms with van der Waals surface area (Å²) in [5.41, 5.74) is 2.85. The molecule has 0 saturated carbocycles. The van der Waals surface area contributed by atoms with Crippen LogP contribution in [-0.4, -0.2) is 18.4 Å². The van der Waals surface area contributed by atoms with Crippen LogP contribution in [0.25, 0.3) is 0 Å². The molecule has 0 fully saturated rings. The summed E-state index contributed by atoms with van der Waals surface area (Å²) in [4.78, 5) is 24.6. The van der Waals surface area contributed by atoms with Crippen LogP contribution < -0.4 is 15.4 Å². The Morgan fingerprint density at radius 2 is 1.76 bits per heavy atom. The van der Waals surface area contributed by atoms with Crippen molar-refractivity contribution in [3.63, 3.8) is 0 Å². The molecule has 2 amide bonds. The number of nitrogens with one attached hydrogen (secondary N) is 2. The first-order valence-corrected chi connectivity index (χ1v) is 9.45. The van der Waals surface area contributed by atoms with Gasteiger partial charge in [0.2, 0.25) is 5.91 Å². The highest BCUT2D eigenvalue weighted by atomic mass is 35.5. The lowest BCUT2D eigenvalue weighted by Gasteiger charge is -2.14. The van der Waals surface area contributed by atoms with Crippen molar-refractivity contribution in [2.24, 2.45) is 0 Å². The van der Waals surface area contributed by atoms with E-state index in [1.54, 1.807) is 30.3 Å². The second kappa shape index (κ2) is 9.30. The van der Waals surface area contributed by atoms with E-state index < -0.39 is 5.91 Å². The largest absolute Gasteiger partial charge is 0.493 e. The van der Waals surface area contributed by atoms with Crippen molar-refractivity contribution < 1.29 is 18.7 Å². The van der Waals surface area contributed by atoms with E-state index in [2.05, 4.69) is 10.6 Å². The molecule has 0 atom stereocenters. The quantitative estimate of drug-likeness (QED) is 0.558. The molecular weight excluding hydrogens is 392 g/mol. The number of hydrogen-bond donors (Lipinski definition) is 2. The zero-order valence-electron chi connectivity index (χ0n) is 16.1. The summed E-state index contributed by atoms with van der Waals surface area (Å²) >= 11 is 6.04. The lowest BCUT2D eigenvalue weighted by Crippen LogP contribution is -2.18. The lowest BCUT2D eigenvalue weighted by atomic mass is 10.1. The third-order valence-electron chi connectivity index (χ3n) is 4.23. The summed E-state index contributed by atoms with van der Waals surface area (Å²) in [6.45, 7) is 4.16. The SMILES string of the molecule is Cc1cccc(C)c1OCCC(=O)Nc1ccc(Cl)cc1NC(=O)c1ccco1. The van der Waals surface area contributed by atoms with E-state index in [4.69, 9.17) is 20.8 Å². The molecule has 0 aliphatic heterocycles. The molecule has 2 N–H and O–H groups in total. The van der Waals surface area contributed by atoms with Crippen molar-refractivity contribution in [2.75, 3.05) is 17.2 Å². The zero-order valence-corrected chi connectivity index (χ0v) is 16.9. The van der Waals surface area contributed by atoms with Crippen molar-refractivity contribution in [1.82, 2.24) is 0 Å². The Balaban J connectivity index is 1.62. The smallest absolute Gasteiger partial charge is 0.291 e. The topological polar surface area (TPSA) is 80.6 Å². The molecule has 2 aromatic carbocycles. The normalized spacial score (nSPS) is 10.4. The Bertz CT molecular complexity index is 995. The van der Waals surface area contributed by atoms with Crippen LogP contribution in [-0.2, 0) is 4.79 Å². The second-order valence-corrected chi connectivity index (χ2v) is 6.93. The Labute approximate surface area is 173 Å². The van der Waals surface area contributed by atoms with E-state index in [-0.39, 0.29) is 24.7 Å². The number of para-hydroxylation sites is 1. The summed E-state index contributed by atoms with van der Waals surface area (Å²) in [7, 11) is 0. The Morgan fingerprint density at radius 1 is 1.00 bits per heavy atom. The molecule has 1 heterocycles. The highest BCUT2D eigenvalue weighted by molar-refractivity contribution is 6.31. The molecule has 3 aromatic rings. The molecule has 6 nitrogen and oxygen atoms in total. The molecule has 150 valence electrons. The molecule has 0 bridgehead atoms. The number of rotatable bonds is 7. The standard InChI is InChI=1S/C22H21ClN2O4/c1-14-5-3-6-15(2)21(14)29-12-10-20(26)24-17-9-8-16(23)13-18(17)25-22(27)19-7-4-11-28-19/h3-9,11,13H,10,12H2,1-2H3,(H,24,26)(H,25,27). The van der Waals surface area contributed by atoms with E-state index >= 15 is 0 Å². The number of halogens is 1. The number of carbonyl (C=O) groups is 2. The van der Waals surface area contributed by atoms with Gasteiger partial charge in [0.25, 0.3) is 5.91 Å². The molecule has 0 radical (unpaired) electrons. The number of anilines is 2. The molecule has 0 saturated heterocycles. The number of hydrogen-bond acceptors (Lipinski definition) is 4. The fourth-order valence-corrected chi connectivity index (χ4v) is 2.98. The van der Waals surface area contributed by atoms with E-state index in [1.807, 2.05) is 32.0 Å². The number of furan rings is 1. The van der Waals surface area contributed by atoms with Gasteiger partial charge in [0.05, 0.1) is 30.7 Å². The number of aryl methyl sites for hydroxylation is 2. The fourth-order valence-electron chi connectivity index (χ4n) is 2.81. The summed E-state index contributed by atoms with van der Waals surface area (Å²) in [6.07, 6.45) is 1.56. The second-order valence-electron chi connectivity index (χ2n) is 6.49. The predicted molar refractivity (Wildman–Crippen MR) is 113 cm³/mol. The Kier molecular flexibility index (Phi) is 6.57. The maximum Gasteiger partial charge on any atom is 0.291 e. The maximum atomic E-state index is 12.4. The third kappa shape index (κ3) is 5.39. The zero-order chi connectivity index (χ0) is 20.8. The van der Waals surface area contributed by atoms with Crippen molar-refractivity contribution >= 4 is 34.8 Å². The van der Waals surface area contributed by atoms with Gasteiger partial charge in [-0.15, -0.1) is 0 Å². The minimum atomic E-state index is -0.439. The highest BCUT2D eigenvalue weighted by Gasteiger charge is 2.14. The monoisotopic (exact) mass is 412 g/mol. The van der Waals surface area contributed by atoms with Crippen LogP contribution in [0.1, 0.15) is 28.1 Å². The Morgan fingerprint density at radius 3 is 2.45 bits per heavy atom. The van der Waals surface area contributed by atoms with E-state index in [9.17, 15) is 9.59 Å². The molecule has 0 aliphatic rings. The third-order valence-corrected chi connectivity index (χ3v) is 4.47. The first-order valence-electron chi connectivity index (χ1n) is 9.07. The summed E-state index contributed by atoms with van der Waals surface area (Å²) < 4.78 is 10.9. The molecule has 0 aliphatic carbocycles. The first-order chi connectivity index (χ1) is 13.9. The Hall–Kier alpha value is -3.25. The van der Waals surface area contributed by atoms with Crippen LogP contribution in [0.5, 0.6) is 5.75 Å². The van der Waals surface area contributed by atoms with Gasteiger partial charge in [-0.2, -0.15) is 0 Å². The van der Waals surface area contributed by atoms with Gasteiger partial charge in [-0.3, -0.25) is 9.59 Å². The number of benzene rings is 2. The van der Waals surface area contributed by atoms with E-state index in [0.717, 1.165) is 16.9 Å². The van der Waals surface area contributed by atoms with Gasteiger partial charge >= 0.3 is 0 Å². The average Bonchev–Trinajstić information content (AvgIpc) is 3.21. The predicted octanol–water partition coefficient (Wildman–Crippen LogP) is 5.21. The molecule has 3 rings (SSSR count). The van der Waals surface area contributed by atoms with Crippen molar-refractivity contribution in [1.29, 1.82) is 0 Å². The van der Waals surface area contributed by atoms with Gasteiger partial charge in [-0.1, -0.05) is 29.8 Å². The van der Waals surface area contributed by atoms with Crippen LogP contribution in [0, 0.1) is 13.8 Å².